The summed E-state index contributed by atoms with van der Waals surface area (Å²) in [5, 5.41) is 10.9. The van der Waals surface area contributed by atoms with Crippen LogP contribution in [0.5, 0.6) is 0 Å². The Morgan fingerprint density at radius 2 is 1.94 bits per heavy atom. The molecule has 0 spiro atoms. The topological polar surface area (TPSA) is 102 Å². The van der Waals surface area contributed by atoms with E-state index in [-0.39, 0.29) is 23.4 Å². The Labute approximate surface area is 183 Å². The molecule has 9 heteroatoms. The largest absolute Gasteiger partial charge is 0.346 e. The summed E-state index contributed by atoms with van der Waals surface area (Å²) in [6.07, 6.45) is 3.16. The highest BCUT2D eigenvalue weighted by Crippen LogP contribution is 2.22. The number of nitrogens with zero attached hydrogens (tertiary/aromatic N) is 4. The summed E-state index contributed by atoms with van der Waals surface area (Å²) in [5.74, 6) is -0.656. The minimum absolute atomic E-state index is 0.230. The second kappa shape index (κ2) is 8.53. The van der Waals surface area contributed by atoms with Crippen LogP contribution in [0.2, 0.25) is 5.02 Å². The van der Waals surface area contributed by atoms with E-state index in [0.717, 1.165) is 16.8 Å². The van der Waals surface area contributed by atoms with Crippen LogP contribution in [-0.4, -0.2) is 31.6 Å². The van der Waals surface area contributed by atoms with Gasteiger partial charge in [-0.15, -0.1) is 0 Å². The molecule has 0 atom stereocenters. The predicted octanol–water partition coefficient (Wildman–Crippen LogP) is 3.51. The second-order valence-electron chi connectivity index (χ2n) is 6.96. The first-order chi connectivity index (χ1) is 14.9. The van der Waals surface area contributed by atoms with Crippen molar-refractivity contribution in [3.63, 3.8) is 0 Å². The Morgan fingerprint density at radius 3 is 2.68 bits per heavy atom. The molecule has 0 fully saturated rings. The Kier molecular flexibility index (Phi) is 5.64. The van der Waals surface area contributed by atoms with Crippen molar-refractivity contribution in [2.24, 2.45) is 7.05 Å². The summed E-state index contributed by atoms with van der Waals surface area (Å²) in [6, 6.07) is 12.0. The minimum atomic E-state index is -0.332. The fraction of sp³-hybridized carbons (Fsp3) is 0.136. The summed E-state index contributed by atoms with van der Waals surface area (Å²) >= 11 is 6.29. The van der Waals surface area contributed by atoms with Gasteiger partial charge in [0.15, 0.2) is 5.65 Å². The molecule has 0 saturated carbocycles. The smallest absolute Gasteiger partial charge is 0.257 e. The lowest BCUT2D eigenvalue weighted by Gasteiger charge is -2.10. The zero-order valence-electron chi connectivity index (χ0n) is 16.9. The van der Waals surface area contributed by atoms with Crippen LogP contribution in [0.3, 0.4) is 0 Å². The number of nitrogens with one attached hydrogen (secondary N) is 2. The molecule has 4 rings (SSSR count). The Balaban J connectivity index is 1.46. The number of hydrogen-bond donors (Lipinski definition) is 2. The van der Waals surface area contributed by atoms with Crippen molar-refractivity contribution in [1.82, 2.24) is 25.1 Å². The van der Waals surface area contributed by atoms with E-state index < -0.39 is 0 Å². The van der Waals surface area contributed by atoms with Crippen molar-refractivity contribution < 1.29 is 9.59 Å². The maximum absolute atomic E-state index is 12.7. The molecule has 0 bridgehead atoms. The van der Waals surface area contributed by atoms with Crippen LogP contribution in [0, 0.1) is 6.92 Å². The van der Waals surface area contributed by atoms with Gasteiger partial charge in [-0.25, -0.2) is 4.98 Å². The lowest BCUT2D eigenvalue weighted by atomic mass is 10.1. The predicted molar refractivity (Wildman–Crippen MR) is 118 cm³/mol. The highest BCUT2D eigenvalue weighted by atomic mass is 35.5. The molecule has 1 aromatic carbocycles. The lowest BCUT2D eigenvalue weighted by molar-refractivity contribution is 0.0950. The zero-order chi connectivity index (χ0) is 22.0. The molecule has 156 valence electrons. The van der Waals surface area contributed by atoms with E-state index in [1.807, 2.05) is 19.1 Å². The molecule has 0 unspecified atom stereocenters. The van der Waals surface area contributed by atoms with Gasteiger partial charge in [0.2, 0.25) is 0 Å². The molecule has 2 amide bonds. The fourth-order valence-electron chi connectivity index (χ4n) is 3.18. The fourth-order valence-corrected chi connectivity index (χ4v) is 3.45. The third-order valence-corrected chi connectivity index (χ3v) is 5.07. The summed E-state index contributed by atoms with van der Waals surface area (Å²) in [6.45, 7) is 2.15. The van der Waals surface area contributed by atoms with E-state index in [0.29, 0.717) is 22.5 Å². The number of carbonyl (C=O) groups is 2. The van der Waals surface area contributed by atoms with E-state index in [1.165, 1.54) is 12.3 Å². The number of fused-ring (bicyclic) bond motifs is 1. The van der Waals surface area contributed by atoms with Crippen LogP contribution in [0.1, 0.15) is 32.1 Å². The van der Waals surface area contributed by atoms with Gasteiger partial charge in [0, 0.05) is 30.5 Å². The molecule has 4 aromatic rings. The number of anilines is 1. The summed E-state index contributed by atoms with van der Waals surface area (Å²) in [7, 11) is 1.80. The first kappa shape index (κ1) is 20.5. The molecule has 0 radical (unpaired) electrons. The van der Waals surface area contributed by atoms with Gasteiger partial charge in [-0.3, -0.25) is 19.3 Å². The van der Waals surface area contributed by atoms with Gasteiger partial charge in [-0.05, 0) is 43.3 Å². The number of carbonyl (C=O) groups excluding carboxylic acids is 2. The van der Waals surface area contributed by atoms with Crippen molar-refractivity contribution >= 4 is 40.1 Å². The summed E-state index contributed by atoms with van der Waals surface area (Å²) in [4.78, 5) is 33.6. The normalized spacial score (nSPS) is 10.8. The van der Waals surface area contributed by atoms with Gasteiger partial charge in [0.05, 0.1) is 34.1 Å². The molecular formula is C22H19ClN6O2. The monoisotopic (exact) mass is 434 g/mol. The van der Waals surface area contributed by atoms with E-state index in [9.17, 15) is 9.59 Å². The maximum Gasteiger partial charge on any atom is 0.257 e. The average Bonchev–Trinajstić information content (AvgIpc) is 3.06. The molecule has 8 nitrogen and oxygen atoms in total. The summed E-state index contributed by atoms with van der Waals surface area (Å²) < 4.78 is 1.67. The van der Waals surface area contributed by atoms with Crippen molar-refractivity contribution in [3.8, 4) is 0 Å². The number of aromatic nitrogens is 4. The average molecular weight is 435 g/mol. The van der Waals surface area contributed by atoms with Crippen LogP contribution in [0.4, 0.5) is 5.69 Å². The number of hydrogen-bond acceptors (Lipinski definition) is 5. The van der Waals surface area contributed by atoms with E-state index in [1.54, 1.807) is 42.2 Å². The second-order valence-corrected chi connectivity index (χ2v) is 7.36. The van der Waals surface area contributed by atoms with Crippen LogP contribution < -0.4 is 10.6 Å². The van der Waals surface area contributed by atoms with Crippen LogP contribution in [0.25, 0.3) is 11.0 Å². The highest BCUT2D eigenvalue weighted by Gasteiger charge is 2.14. The summed E-state index contributed by atoms with van der Waals surface area (Å²) in [5.41, 5.74) is 3.42. The molecular weight excluding hydrogens is 416 g/mol. The van der Waals surface area contributed by atoms with Gasteiger partial charge >= 0.3 is 0 Å². The number of benzene rings is 1. The first-order valence-electron chi connectivity index (χ1n) is 9.51. The van der Waals surface area contributed by atoms with E-state index in [2.05, 4.69) is 25.7 Å². The quantitative estimate of drug-likeness (QED) is 0.500. The standard InChI is InChI=1S/C22H19ClN6O2/c1-13-18-9-14(11-25-20(18)29(2)28-13)21(30)27-15-6-7-17(19(23)10-15)22(31)26-12-16-5-3-4-8-24-16/h3-11H,12H2,1-2H3,(H,26,31)(H,27,30). The van der Waals surface area contributed by atoms with Gasteiger partial charge in [0.25, 0.3) is 11.8 Å². The number of aryl methyl sites for hydroxylation is 2. The molecule has 0 aliphatic carbocycles. The molecule has 2 N–H and O–H groups in total. The number of pyridine rings is 2. The SMILES string of the molecule is Cc1nn(C)c2ncc(C(=O)Nc3ccc(C(=O)NCc4ccccn4)c(Cl)c3)cc12. The first-order valence-corrected chi connectivity index (χ1v) is 9.88. The van der Waals surface area contributed by atoms with Crippen LogP contribution in [0.15, 0.2) is 54.9 Å². The van der Waals surface area contributed by atoms with Gasteiger partial charge < -0.3 is 10.6 Å². The van der Waals surface area contributed by atoms with E-state index in [4.69, 9.17) is 11.6 Å². The third kappa shape index (κ3) is 4.39. The van der Waals surface area contributed by atoms with Crippen molar-refractivity contribution in [3.05, 3.63) is 82.4 Å². The molecule has 3 aromatic heterocycles. The van der Waals surface area contributed by atoms with Crippen LogP contribution in [-0.2, 0) is 13.6 Å². The van der Waals surface area contributed by atoms with Gasteiger partial charge in [-0.1, -0.05) is 17.7 Å². The molecule has 0 aliphatic heterocycles. The van der Waals surface area contributed by atoms with Crippen molar-refractivity contribution in [1.29, 1.82) is 0 Å². The Bertz CT molecular complexity index is 1290. The number of halogens is 1. The molecule has 0 saturated heterocycles. The minimum Gasteiger partial charge on any atom is -0.346 e. The Hall–Kier alpha value is -3.78. The number of rotatable bonds is 5. The third-order valence-electron chi connectivity index (χ3n) is 4.75. The molecule has 0 aliphatic rings. The van der Waals surface area contributed by atoms with Crippen molar-refractivity contribution in [2.75, 3.05) is 5.32 Å². The lowest BCUT2D eigenvalue weighted by Crippen LogP contribution is -2.23. The van der Waals surface area contributed by atoms with Crippen LogP contribution >= 0.6 is 11.6 Å². The van der Waals surface area contributed by atoms with E-state index >= 15 is 0 Å². The molecule has 3 heterocycles. The van der Waals surface area contributed by atoms with Gasteiger partial charge in [0.1, 0.15) is 0 Å². The highest BCUT2D eigenvalue weighted by molar-refractivity contribution is 6.34. The van der Waals surface area contributed by atoms with Crippen molar-refractivity contribution in [2.45, 2.75) is 13.5 Å². The Morgan fingerprint density at radius 1 is 1.10 bits per heavy atom. The van der Waals surface area contributed by atoms with Gasteiger partial charge in [-0.2, -0.15) is 5.10 Å². The zero-order valence-corrected chi connectivity index (χ0v) is 17.6. The molecule has 31 heavy (non-hydrogen) atoms. The maximum atomic E-state index is 12.7. The number of amides is 2.